The number of nitrogens with zero attached hydrogens (tertiary/aromatic N) is 1. The minimum absolute atomic E-state index is 0.0352. The van der Waals surface area contributed by atoms with E-state index in [-0.39, 0.29) is 30.3 Å². The van der Waals surface area contributed by atoms with Crippen LogP contribution in [0.15, 0.2) is 24.3 Å². The smallest absolute Gasteiger partial charge is 0.317 e. The highest BCUT2D eigenvalue weighted by atomic mass is 16.4. The molecule has 2 aliphatic rings. The van der Waals surface area contributed by atoms with Gasteiger partial charge in [0, 0.05) is 24.2 Å². The number of nitrogens with one attached hydrogen (secondary N) is 1. The quantitative estimate of drug-likeness (QED) is 0.704. The Hall–Kier alpha value is -2.21. The molecule has 0 spiro atoms. The summed E-state index contributed by atoms with van der Waals surface area (Å²) >= 11 is 0. The van der Waals surface area contributed by atoms with Gasteiger partial charge in [-0.25, -0.2) is 0 Å². The van der Waals surface area contributed by atoms with Gasteiger partial charge in [-0.3, -0.25) is 19.3 Å². The number of aliphatic carboxylic acids is 1. The van der Waals surface area contributed by atoms with Crippen LogP contribution < -0.4 is 5.32 Å². The van der Waals surface area contributed by atoms with Crippen molar-refractivity contribution in [3.8, 4) is 0 Å². The maximum Gasteiger partial charge on any atom is 0.317 e. The van der Waals surface area contributed by atoms with E-state index >= 15 is 0 Å². The van der Waals surface area contributed by atoms with Gasteiger partial charge in [0.2, 0.25) is 0 Å². The van der Waals surface area contributed by atoms with Crippen molar-refractivity contribution in [1.82, 2.24) is 10.2 Å². The average molecular weight is 344 g/mol. The second kappa shape index (κ2) is 7.35. The van der Waals surface area contributed by atoms with E-state index in [9.17, 15) is 14.4 Å². The molecule has 0 bridgehead atoms. The van der Waals surface area contributed by atoms with Crippen molar-refractivity contribution < 1.29 is 19.5 Å². The summed E-state index contributed by atoms with van der Waals surface area (Å²) < 4.78 is 0. The van der Waals surface area contributed by atoms with Gasteiger partial charge in [-0.1, -0.05) is 18.2 Å². The maximum absolute atomic E-state index is 12.4. The molecule has 2 fully saturated rings. The molecular formula is C19H24N2O4. The molecule has 2 aliphatic carbocycles. The van der Waals surface area contributed by atoms with Gasteiger partial charge >= 0.3 is 5.97 Å². The van der Waals surface area contributed by atoms with E-state index < -0.39 is 5.97 Å². The average Bonchev–Trinajstić information content (AvgIpc) is 3.33. The minimum atomic E-state index is -0.802. The fourth-order valence-electron chi connectivity index (χ4n) is 3.40. The first-order chi connectivity index (χ1) is 11.9. The van der Waals surface area contributed by atoms with Gasteiger partial charge in [-0.15, -0.1) is 0 Å². The van der Waals surface area contributed by atoms with Crippen molar-refractivity contribution in [2.75, 3.05) is 13.1 Å². The van der Waals surface area contributed by atoms with Gasteiger partial charge in [-0.05, 0) is 44.6 Å². The number of hydrogen-bond acceptors (Lipinski definition) is 4. The van der Waals surface area contributed by atoms with Crippen molar-refractivity contribution in [3.63, 3.8) is 0 Å². The summed E-state index contributed by atoms with van der Waals surface area (Å²) in [6.07, 6.45) is 3.89. The van der Waals surface area contributed by atoms with Crippen LogP contribution in [-0.4, -0.2) is 52.8 Å². The van der Waals surface area contributed by atoms with Crippen LogP contribution in [0.1, 0.15) is 53.3 Å². The van der Waals surface area contributed by atoms with Crippen molar-refractivity contribution in [2.24, 2.45) is 5.92 Å². The number of carbonyl (C=O) groups excluding carboxylic acids is 2. The number of benzene rings is 1. The fourth-order valence-corrected chi connectivity index (χ4v) is 3.40. The Balaban J connectivity index is 1.55. The predicted octanol–water partition coefficient (Wildman–Crippen LogP) is 1.95. The monoisotopic (exact) mass is 344 g/mol. The van der Waals surface area contributed by atoms with Crippen molar-refractivity contribution >= 4 is 17.7 Å². The molecule has 0 aliphatic heterocycles. The highest BCUT2D eigenvalue weighted by molar-refractivity contribution is 6.07. The Morgan fingerprint density at radius 1 is 1.16 bits per heavy atom. The topological polar surface area (TPSA) is 86.7 Å². The minimum Gasteiger partial charge on any atom is -0.480 e. The SMILES string of the molecule is CC(=O)c1ccccc1C(=O)NC1CC(N(CC(=O)O)CC2CC2)C1. The molecule has 2 N–H and O–H groups in total. The van der Waals surface area contributed by atoms with Crippen LogP contribution >= 0.6 is 0 Å². The van der Waals surface area contributed by atoms with E-state index in [1.807, 2.05) is 4.90 Å². The largest absolute Gasteiger partial charge is 0.480 e. The molecule has 3 rings (SSSR count). The van der Waals surface area contributed by atoms with E-state index in [0.717, 1.165) is 19.4 Å². The lowest BCUT2D eigenvalue weighted by atomic mass is 9.85. The number of carbonyl (C=O) groups is 3. The summed E-state index contributed by atoms with van der Waals surface area (Å²) in [5.74, 6) is -0.533. The summed E-state index contributed by atoms with van der Waals surface area (Å²) in [4.78, 5) is 37.2. The Morgan fingerprint density at radius 2 is 1.80 bits per heavy atom. The Morgan fingerprint density at radius 3 is 2.36 bits per heavy atom. The molecule has 0 heterocycles. The van der Waals surface area contributed by atoms with Gasteiger partial charge in [0.25, 0.3) is 5.91 Å². The number of Topliss-reactive ketones (excluding diaryl/α,β-unsaturated/α-hetero) is 1. The van der Waals surface area contributed by atoms with Crippen LogP contribution in [0, 0.1) is 5.92 Å². The lowest BCUT2D eigenvalue weighted by Gasteiger charge is -2.42. The number of carboxylic acids is 1. The molecule has 6 heteroatoms. The highest BCUT2D eigenvalue weighted by Gasteiger charge is 2.38. The molecule has 25 heavy (non-hydrogen) atoms. The van der Waals surface area contributed by atoms with Crippen molar-refractivity contribution in [2.45, 2.75) is 44.7 Å². The first-order valence-corrected chi connectivity index (χ1v) is 8.80. The fraction of sp³-hybridized carbons (Fsp3) is 0.526. The summed E-state index contributed by atoms with van der Waals surface area (Å²) in [6, 6.07) is 7.05. The summed E-state index contributed by atoms with van der Waals surface area (Å²) in [7, 11) is 0. The zero-order chi connectivity index (χ0) is 18.0. The lowest BCUT2D eigenvalue weighted by molar-refractivity contribution is -0.139. The second-order valence-corrected chi connectivity index (χ2v) is 7.16. The van der Waals surface area contributed by atoms with Gasteiger partial charge < -0.3 is 10.4 Å². The van der Waals surface area contributed by atoms with Gasteiger partial charge in [0.15, 0.2) is 5.78 Å². The molecule has 0 aromatic heterocycles. The molecule has 0 radical (unpaired) electrons. The first-order valence-electron chi connectivity index (χ1n) is 8.80. The zero-order valence-electron chi connectivity index (χ0n) is 14.4. The Kier molecular flexibility index (Phi) is 5.18. The predicted molar refractivity (Wildman–Crippen MR) is 92.7 cm³/mol. The van der Waals surface area contributed by atoms with Crippen molar-refractivity contribution in [1.29, 1.82) is 0 Å². The zero-order valence-corrected chi connectivity index (χ0v) is 14.4. The molecule has 2 saturated carbocycles. The standard InChI is InChI=1S/C19H24N2O4/c1-12(22)16-4-2-3-5-17(16)19(25)20-14-8-15(9-14)21(11-18(23)24)10-13-6-7-13/h2-5,13-15H,6-11H2,1H3,(H,20,25)(H,23,24). The third kappa shape index (κ3) is 4.45. The third-order valence-corrected chi connectivity index (χ3v) is 5.04. The van der Waals surface area contributed by atoms with Gasteiger partial charge in [-0.2, -0.15) is 0 Å². The number of rotatable bonds is 8. The molecule has 0 atom stereocenters. The van der Waals surface area contributed by atoms with Crippen LogP contribution in [0.3, 0.4) is 0 Å². The van der Waals surface area contributed by atoms with Crippen molar-refractivity contribution in [3.05, 3.63) is 35.4 Å². The first kappa shape index (κ1) is 17.6. The number of hydrogen-bond donors (Lipinski definition) is 2. The van der Waals surface area contributed by atoms with Crippen LogP contribution in [0.2, 0.25) is 0 Å². The highest BCUT2D eigenvalue weighted by Crippen LogP contribution is 2.33. The van der Waals surface area contributed by atoms with Gasteiger partial charge in [0.05, 0.1) is 12.1 Å². The Bertz CT molecular complexity index is 678. The maximum atomic E-state index is 12.4. The number of amides is 1. The van der Waals surface area contributed by atoms with Crippen LogP contribution in [0.5, 0.6) is 0 Å². The summed E-state index contributed by atoms with van der Waals surface area (Å²) in [6.45, 7) is 2.35. The molecule has 6 nitrogen and oxygen atoms in total. The van der Waals surface area contributed by atoms with Crippen LogP contribution in [0.25, 0.3) is 0 Å². The van der Waals surface area contributed by atoms with E-state index in [0.29, 0.717) is 17.0 Å². The van der Waals surface area contributed by atoms with Crippen LogP contribution in [-0.2, 0) is 4.79 Å². The van der Waals surface area contributed by atoms with E-state index in [2.05, 4.69) is 5.32 Å². The molecular weight excluding hydrogens is 320 g/mol. The molecule has 1 aromatic rings. The normalized spacial score (nSPS) is 22.3. The number of ketones is 1. The van der Waals surface area contributed by atoms with E-state index in [4.69, 9.17) is 5.11 Å². The molecule has 0 saturated heterocycles. The van der Waals surface area contributed by atoms with E-state index in [1.165, 1.54) is 19.8 Å². The second-order valence-electron chi connectivity index (χ2n) is 7.16. The summed E-state index contributed by atoms with van der Waals surface area (Å²) in [5, 5.41) is 12.1. The molecule has 134 valence electrons. The number of carboxylic acid groups (broad SMARTS) is 1. The van der Waals surface area contributed by atoms with Crippen LogP contribution in [0.4, 0.5) is 0 Å². The van der Waals surface area contributed by atoms with Gasteiger partial charge in [0.1, 0.15) is 0 Å². The lowest BCUT2D eigenvalue weighted by Crippen LogP contribution is -2.55. The Labute approximate surface area is 147 Å². The van der Waals surface area contributed by atoms with E-state index in [1.54, 1.807) is 24.3 Å². The molecule has 0 unspecified atom stereocenters. The molecule has 1 amide bonds. The summed E-state index contributed by atoms with van der Waals surface area (Å²) in [5.41, 5.74) is 0.830. The molecule has 1 aromatic carbocycles. The third-order valence-electron chi connectivity index (χ3n) is 5.04.